The van der Waals surface area contributed by atoms with Crippen LogP contribution in [0.3, 0.4) is 0 Å². The number of aromatic nitrogens is 1. The SMILES string of the molecule is CCOc1nc(Cc2ccccc2)c(C=O)c2ccccc12. The van der Waals surface area contributed by atoms with Gasteiger partial charge < -0.3 is 4.74 Å². The summed E-state index contributed by atoms with van der Waals surface area (Å²) in [4.78, 5) is 16.2. The molecular weight excluding hydrogens is 274 g/mol. The summed E-state index contributed by atoms with van der Waals surface area (Å²) < 4.78 is 5.67. The molecule has 3 rings (SSSR count). The Morgan fingerprint density at radius 2 is 1.68 bits per heavy atom. The molecule has 0 aliphatic carbocycles. The molecule has 0 aliphatic heterocycles. The predicted octanol–water partition coefficient (Wildman–Crippen LogP) is 4.04. The lowest BCUT2D eigenvalue weighted by molar-refractivity contribution is 0.112. The Kier molecular flexibility index (Phi) is 4.15. The fraction of sp³-hybridized carbons (Fsp3) is 0.158. The highest BCUT2D eigenvalue weighted by Gasteiger charge is 2.14. The zero-order valence-electron chi connectivity index (χ0n) is 12.5. The first kappa shape index (κ1) is 14.3. The second-order valence-electron chi connectivity index (χ2n) is 5.04. The molecule has 22 heavy (non-hydrogen) atoms. The molecule has 0 bridgehead atoms. The van der Waals surface area contributed by atoms with E-state index >= 15 is 0 Å². The molecule has 0 unspecified atom stereocenters. The molecule has 0 saturated carbocycles. The van der Waals surface area contributed by atoms with Gasteiger partial charge in [-0.1, -0.05) is 48.5 Å². The van der Waals surface area contributed by atoms with Gasteiger partial charge >= 0.3 is 0 Å². The summed E-state index contributed by atoms with van der Waals surface area (Å²) in [6.07, 6.45) is 1.50. The molecule has 0 saturated heterocycles. The van der Waals surface area contributed by atoms with Crippen LogP contribution in [0.2, 0.25) is 0 Å². The fourth-order valence-corrected chi connectivity index (χ4v) is 2.61. The molecule has 2 aromatic carbocycles. The second-order valence-corrected chi connectivity index (χ2v) is 5.04. The standard InChI is InChI=1S/C19H17NO2/c1-2-22-19-16-11-7-6-10-15(16)17(13-21)18(20-19)12-14-8-4-3-5-9-14/h3-11,13H,2,12H2,1H3. The molecule has 0 atom stereocenters. The van der Waals surface area contributed by atoms with E-state index in [1.165, 1.54) is 0 Å². The minimum absolute atomic E-state index is 0.544. The van der Waals surface area contributed by atoms with Gasteiger partial charge in [-0.2, -0.15) is 0 Å². The van der Waals surface area contributed by atoms with Gasteiger partial charge in [-0.25, -0.2) is 4.98 Å². The van der Waals surface area contributed by atoms with Crippen molar-refractivity contribution < 1.29 is 9.53 Å². The maximum atomic E-state index is 11.6. The summed E-state index contributed by atoms with van der Waals surface area (Å²) in [6, 6.07) is 17.8. The number of rotatable bonds is 5. The van der Waals surface area contributed by atoms with Crippen LogP contribution in [0.25, 0.3) is 10.8 Å². The van der Waals surface area contributed by atoms with Crippen LogP contribution in [0, 0.1) is 0 Å². The van der Waals surface area contributed by atoms with Crippen LogP contribution in [-0.2, 0) is 6.42 Å². The number of aldehydes is 1. The molecule has 0 spiro atoms. The number of hydrogen-bond donors (Lipinski definition) is 0. The van der Waals surface area contributed by atoms with Crippen LogP contribution in [-0.4, -0.2) is 17.9 Å². The Hall–Kier alpha value is -2.68. The number of hydrogen-bond acceptors (Lipinski definition) is 3. The van der Waals surface area contributed by atoms with Crippen LogP contribution in [0.5, 0.6) is 5.88 Å². The van der Waals surface area contributed by atoms with Crippen molar-refractivity contribution in [3.05, 3.63) is 71.4 Å². The Bertz CT molecular complexity index is 797. The normalized spacial score (nSPS) is 10.6. The summed E-state index contributed by atoms with van der Waals surface area (Å²) in [5, 5.41) is 1.77. The number of ether oxygens (including phenoxy) is 1. The van der Waals surface area contributed by atoms with Gasteiger partial charge in [0.15, 0.2) is 6.29 Å². The highest BCUT2D eigenvalue weighted by Crippen LogP contribution is 2.29. The third-order valence-electron chi connectivity index (χ3n) is 3.61. The van der Waals surface area contributed by atoms with E-state index in [1.807, 2.05) is 61.5 Å². The lowest BCUT2D eigenvalue weighted by atomic mass is 10.0. The topological polar surface area (TPSA) is 39.2 Å². The molecule has 110 valence electrons. The summed E-state index contributed by atoms with van der Waals surface area (Å²) in [5.74, 6) is 0.592. The Morgan fingerprint density at radius 3 is 2.36 bits per heavy atom. The third kappa shape index (κ3) is 2.70. The van der Waals surface area contributed by atoms with Crippen LogP contribution >= 0.6 is 0 Å². The number of benzene rings is 2. The average Bonchev–Trinajstić information content (AvgIpc) is 2.56. The van der Waals surface area contributed by atoms with Crippen LogP contribution in [0.1, 0.15) is 28.5 Å². The van der Waals surface area contributed by atoms with E-state index < -0.39 is 0 Å². The molecule has 0 amide bonds. The summed E-state index contributed by atoms with van der Waals surface area (Å²) in [7, 11) is 0. The van der Waals surface area contributed by atoms with E-state index in [2.05, 4.69) is 4.98 Å². The summed E-state index contributed by atoms with van der Waals surface area (Å²) in [5.41, 5.74) is 2.52. The Morgan fingerprint density at radius 1 is 1.00 bits per heavy atom. The highest BCUT2D eigenvalue weighted by molar-refractivity contribution is 6.01. The van der Waals surface area contributed by atoms with Gasteiger partial charge in [-0.3, -0.25) is 4.79 Å². The first-order chi connectivity index (χ1) is 10.8. The van der Waals surface area contributed by atoms with Crippen LogP contribution < -0.4 is 4.74 Å². The third-order valence-corrected chi connectivity index (χ3v) is 3.61. The zero-order chi connectivity index (χ0) is 15.4. The maximum absolute atomic E-state index is 11.6. The minimum atomic E-state index is 0.544. The first-order valence-corrected chi connectivity index (χ1v) is 7.37. The van der Waals surface area contributed by atoms with Gasteiger partial charge in [-0.15, -0.1) is 0 Å². The molecule has 1 heterocycles. The van der Waals surface area contributed by atoms with Crippen molar-refractivity contribution in [2.24, 2.45) is 0 Å². The number of fused-ring (bicyclic) bond motifs is 1. The van der Waals surface area contributed by atoms with Gasteiger partial charge in [0.2, 0.25) is 5.88 Å². The van der Waals surface area contributed by atoms with E-state index in [9.17, 15) is 4.79 Å². The monoisotopic (exact) mass is 291 g/mol. The Balaban J connectivity index is 2.18. The lowest BCUT2D eigenvalue weighted by Crippen LogP contribution is -2.04. The van der Waals surface area contributed by atoms with E-state index in [0.29, 0.717) is 24.5 Å². The van der Waals surface area contributed by atoms with Gasteiger partial charge in [0, 0.05) is 17.4 Å². The van der Waals surface area contributed by atoms with Gasteiger partial charge in [0.1, 0.15) is 0 Å². The number of carbonyl (C=O) groups excluding carboxylic acids is 1. The van der Waals surface area contributed by atoms with E-state index in [-0.39, 0.29) is 0 Å². The molecule has 1 aromatic heterocycles. The van der Waals surface area contributed by atoms with Crippen molar-refractivity contribution >= 4 is 17.1 Å². The smallest absolute Gasteiger partial charge is 0.221 e. The molecule has 0 radical (unpaired) electrons. The Labute approximate surface area is 129 Å². The quantitative estimate of drug-likeness (QED) is 0.666. The van der Waals surface area contributed by atoms with Crippen molar-refractivity contribution in [3.8, 4) is 5.88 Å². The second kappa shape index (κ2) is 6.39. The molecule has 3 aromatic rings. The molecule has 3 nitrogen and oxygen atoms in total. The number of pyridine rings is 1. The highest BCUT2D eigenvalue weighted by atomic mass is 16.5. The molecule has 0 N–H and O–H groups in total. The molecular formula is C19H17NO2. The fourth-order valence-electron chi connectivity index (χ4n) is 2.61. The number of nitrogens with zero attached hydrogens (tertiary/aromatic N) is 1. The van der Waals surface area contributed by atoms with Gasteiger partial charge in [0.25, 0.3) is 0 Å². The van der Waals surface area contributed by atoms with Gasteiger partial charge in [0.05, 0.1) is 12.3 Å². The molecule has 0 aliphatic rings. The van der Waals surface area contributed by atoms with Crippen molar-refractivity contribution in [2.45, 2.75) is 13.3 Å². The van der Waals surface area contributed by atoms with E-state index in [4.69, 9.17) is 4.74 Å². The maximum Gasteiger partial charge on any atom is 0.221 e. The number of carbonyl (C=O) groups is 1. The average molecular weight is 291 g/mol. The zero-order valence-corrected chi connectivity index (χ0v) is 12.5. The van der Waals surface area contributed by atoms with Gasteiger partial charge in [-0.05, 0) is 23.9 Å². The molecule has 3 heteroatoms. The largest absolute Gasteiger partial charge is 0.478 e. The van der Waals surface area contributed by atoms with Crippen LogP contribution in [0.4, 0.5) is 0 Å². The van der Waals surface area contributed by atoms with E-state index in [1.54, 1.807) is 0 Å². The van der Waals surface area contributed by atoms with E-state index in [0.717, 1.165) is 28.3 Å². The van der Waals surface area contributed by atoms with Crippen molar-refractivity contribution in [1.29, 1.82) is 0 Å². The summed E-state index contributed by atoms with van der Waals surface area (Å²) in [6.45, 7) is 2.48. The van der Waals surface area contributed by atoms with Crippen molar-refractivity contribution in [2.75, 3.05) is 6.61 Å². The predicted molar refractivity (Wildman–Crippen MR) is 87.5 cm³/mol. The van der Waals surface area contributed by atoms with Crippen LogP contribution in [0.15, 0.2) is 54.6 Å². The lowest BCUT2D eigenvalue weighted by Gasteiger charge is -2.12. The minimum Gasteiger partial charge on any atom is -0.478 e. The van der Waals surface area contributed by atoms with Crippen molar-refractivity contribution in [3.63, 3.8) is 0 Å². The first-order valence-electron chi connectivity index (χ1n) is 7.37. The summed E-state index contributed by atoms with van der Waals surface area (Å²) >= 11 is 0. The van der Waals surface area contributed by atoms with Crippen molar-refractivity contribution in [1.82, 2.24) is 4.98 Å². The molecule has 0 fully saturated rings.